The molecular formula is C18H31O4PS. The van der Waals surface area contributed by atoms with E-state index in [-0.39, 0.29) is 20.3 Å². The molecule has 2 heterocycles. The van der Waals surface area contributed by atoms with Crippen molar-refractivity contribution >= 4 is 20.1 Å². The van der Waals surface area contributed by atoms with E-state index in [2.05, 4.69) is 27.7 Å². The molecule has 1 aromatic heterocycles. The van der Waals surface area contributed by atoms with Gasteiger partial charge in [-0.1, -0.05) is 34.1 Å². The molecule has 138 valence electrons. The second-order valence-electron chi connectivity index (χ2n) is 6.89. The van der Waals surface area contributed by atoms with Gasteiger partial charge in [0.15, 0.2) is 17.6 Å². The third-order valence-electron chi connectivity index (χ3n) is 4.45. The van der Waals surface area contributed by atoms with Gasteiger partial charge >= 0.3 is 0 Å². The summed E-state index contributed by atoms with van der Waals surface area (Å²) >= 11 is 1.85. The SMILES string of the molecule is CCCc1sc(C(C)(C)CC)c2c1OC(COCCCPO)CO2. The Morgan fingerprint density at radius 2 is 2.12 bits per heavy atom. The van der Waals surface area contributed by atoms with E-state index < -0.39 is 0 Å². The van der Waals surface area contributed by atoms with Crippen LogP contribution in [0.15, 0.2) is 0 Å². The summed E-state index contributed by atoms with van der Waals surface area (Å²) < 4.78 is 18.1. The summed E-state index contributed by atoms with van der Waals surface area (Å²) in [7, 11) is 0.0116. The number of thiophene rings is 1. The standard InChI is InChI=1S/C18H31O4PS/c1-5-8-14-15-16(17(24-14)18(3,4)6-2)21-12-13(22-15)11-20-9-7-10-23-19/h13,19,23H,5-12H2,1-4H3. The zero-order valence-electron chi connectivity index (χ0n) is 15.3. The minimum Gasteiger partial charge on any atom is -0.485 e. The maximum atomic E-state index is 8.82. The Bertz CT molecular complexity index is 515. The molecule has 2 rings (SSSR count). The average molecular weight is 374 g/mol. The fourth-order valence-electron chi connectivity index (χ4n) is 2.62. The summed E-state index contributed by atoms with van der Waals surface area (Å²) in [4.78, 5) is 11.4. The molecule has 1 aliphatic heterocycles. The van der Waals surface area contributed by atoms with Crippen molar-refractivity contribution in [3.8, 4) is 11.5 Å². The van der Waals surface area contributed by atoms with Crippen LogP contribution in [0.2, 0.25) is 0 Å². The molecule has 0 amide bonds. The van der Waals surface area contributed by atoms with E-state index in [1.807, 2.05) is 11.3 Å². The van der Waals surface area contributed by atoms with Gasteiger partial charge in [0.2, 0.25) is 0 Å². The highest BCUT2D eigenvalue weighted by Gasteiger charge is 2.34. The third-order valence-corrected chi connectivity index (χ3v) is 6.60. The van der Waals surface area contributed by atoms with E-state index in [4.69, 9.17) is 19.1 Å². The Morgan fingerprint density at radius 1 is 1.33 bits per heavy atom. The summed E-state index contributed by atoms with van der Waals surface area (Å²) in [5.74, 6) is 1.92. The van der Waals surface area contributed by atoms with Crippen LogP contribution in [0, 0.1) is 0 Å². The highest BCUT2D eigenvalue weighted by atomic mass is 32.1. The van der Waals surface area contributed by atoms with Crippen molar-refractivity contribution < 1.29 is 19.1 Å². The fraction of sp³-hybridized carbons (Fsp3) is 0.778. The molecule has 0 fully saturated rings. The van der Waals surface area contributed by atoms with Crippen LogP contribution >= 0.6 is 20.1 Å². The van der Waals surface area contributed by atoms with Crippen LogP contribution in [0.1, 0.15) is 56.7 Å². The molecule has 2 unspecified atom stereocenters. The molecule has 0 aliphatic carbocycles. The van der Waals surface area contributed by atoms with Crippen molar-refractivity contribution in [2.45, 2.75) is 64.9 Å². The molecular weight excluding hydrogens is 343 g/mol. The lowest BCUT2D eigenvalue weighted by Crippen LogP contribution is -2.34. The van der Waals surface area contributed by atoms with Crippen molar-refractivity contribution in [1.82, 2.24) is 0 Å². The van der Waals surface area contributed by atoms with E-state index in [9.17, 15) is 0 Å². The van der Waals surface area contributed by atoms with E-state index in [1.165, 1.54) is 9.75 Å². The lowest BCUT2D eigenvalue weighted by Gasteiger charge is -2.28. The fourth-order valence-corrected chi connectivity index (χ4v) is 4.37. The van der Waals surface area contributed by atoms with Crippen molar-refractivity contribution in [2.75, 3.05) is 26.0 Å². The number of hydrogen-bond acceptors (Lipinski definition) is 5. The molecule has 4 nitrogen and oxygen atoms in total. The van der Waals surface area contributed by atoms with Crippen molar-refractivity contribution in [3.63, 3.8) is 0 Å². The molecule has 0 radical (unpaired) electrons. The van der Waals surface area contributed by atoms with Gasteiger partial charge in [0.25, 0.3) is 0 Å². The maximum absolute atomic E-state index is 8.82. The number of hydrogen-bond donors (Lipinski definition) is 1. The zero-order chi connectivity index (χ0) is 17.6. The smallest absolute Gasteiger partial charge is 0.176 e. The first-order chi connectivity index (χ1) is 11.5. The van der Waals surface area contributed by atoms with Gasteiger partial charge in [-0.3, -0.25) is 0 Å². The van der Waals surface area contributed by atoms with Crippen LogP contribution in [0.4, 0.5) is 0 Å². The van der Waals surface area contributed by atoms with Crippen LogP contribution in [0.25, 0.3) is 0 Å². The first kappa shape index (κ1) is 20.0. The molecule has 0 saturated carbocycles. The molecule has 1 aliphatic rings. The largest absolute Gasteiger partial charge is 0.485 e. The monoisotopic (exact) mass is 374 g/mol. The predicted molar refractivity (Wildman–Crippen MR) is 102 cm³/mol. The molecule has 0 saturated heterocycles. The van der Waals surface area contributed by atoms with Crippen LogP contribution < -0.4 is 9.47 Å². The first-order valence-electron chi connectivity index (χ1n) is 8.93. The molecule has 6 heteroatoms. The molecule has 0 bridgehead atoms. The molecule has 1 aromatic rings. The molecule has 24 heavy (non-hydrogen) atoms. The summed E-state index contributed by atoms with van der Waals surface area (Å²) in [5, 5.41) is 0. The van der Waals surface area contributed by atoms with E-state index in [0.717, 1.165) is 43.3 Å². The normalized spacial score (nSPS) is 17.8. The zero-order valence-corrected chi connectivity index (χ0v) is 17.1. The van der Waals surface area contributed by atoms with Gasteiger partial charge in [-0.2, -0.15) is 0 Å². The van der Waals surface area contributed by atoms with Crippen LogP contribution in [0.5, 0.6) is 11.5 Å². The van der Waals surface area contributed by atoms with Gasteiger partial charge in [-0.15, -0.1) is 11.3 Å². The van der Waals surface area contributed by atoms with Gasteiger partial charge in [-0.05, 0) is 25.4 Å². The Morgan fingerprint density at radius 3 is 2.79 bits per heavy atom. The van der Waals surface area contributed by atoms with Gasteiger partial charge in [0, 0.05) is 20.8 Å². The summed E-state index contributed by atoms with van der Waals surface area (Å²) in [5.41, 5.74) is 0.110. The van der Waals surface area contributed by atoms with Crippen molar-refractivity contribution in [1.29, 1.82) is 0 Å². The Balaban J connectivity index is 2.06. The number of aryl methyl sites for hydroxylation is 1. The van der Waals surface area contributed by atoms with Crippen LogP contribution in [-0.2, 0) is 16.6 Å². The topological polar surface area (TPSA) is 47.9 Å². The van der Waals surface area contributed by atoms with Gasteiger partial charge in [0.05, 0.1) is 16.4 Å². The summed E-state index contributed by atoms with van der Waals surface area (Å²) in [6, 6.07) is 0. The third kappa shape index (κ3) is 4.85. The van der Waals surface area contributed by atoms with Crippen molar-refractivity contribution in [3.05, 3.63) is 9.75 Å². The lowest BCUT2D eigenvalue weighted by atomic mass is 9.88. The number of ether oxygens (including phenoxy) is 3. The Labute approximate surface area is 151 Å². The van der Waals surface area contributed by atoms with Crippen molar-refractivity contribution in [2.24, 2.45) is 0 Å². The van der Waals surface area contributed by atoms with Gasteiger partial charge < -0.3 is 19.1 Å². The van der Waals surface area contributed by atoms with Gasteiger partial charge in [0.1, 0.15) is 6.61 Å². The van der Waals surface area contributed by atoms with Crippen LogP contribution in [0.3, 0.4) is 0 Å². The quantitative estimate of drug-likeness (QED) is 0.483. The Kier molecular flexibility index (Phi) is 7.80. The first-order valence-corrected chi connectivity index (χ1v) is 10.9. The second-order valence-corrected chi connectivity index (χ2v) is 8.81. The molecule has 0 aromatic carbocycles. The molecule has 1 N–H and O–H groups in total. The van der Waals surface area contributed by atoms with E-state index in [1.54, 1.807) is 0 Å². The predicted octanol–water partition coefficient (Wildman–Crippen LogP) is 4.52. The summed E-state index contributed by atoms with van der Waals surface area (Å²) in [6.07, 6.45) is 4.87. The summed E-state index contributed by atoms with van der Waals surface area (Å²) in [6.45, 7) is 10.7. The van der Waals surface area contributed by atoms with Gasteiger partial charge in [-0.25, -0.2) is 0 Å². The average Bonchev–Trinajstić information content (AvgIpc) is 2.94. The molecule has 2 atom stereocenters. The second kappa shape index (κ2) is 9.38. The van der Waals surface area contributed by atoms with E-state index in [0.29, 0.717) is 19.8 Å². The Hall–Kier alpha value is -0.350. The maximum Gasteiger partial charge on any atom is 0.176 e. The van der Waals surface area contributed by atoms with E-state index >= 15 is 0 Å². The minimum absolute atomic E-state index is 0.0116. The minimum atomic E-state index is -0.0446. The highest BCUT2D eigenvalue weighted by molar-refractivity contribution is 7.31. The number of rotatable bonds is 10. The highest BCUT2D eigenvalue weighted by Crippen LogP contribution is 2.51. The van der Waals surface area contributed by atoms with Crippen LogP contribution in [-0.4, -0.2) is 37.0 Å². The lowest BCUT2D eigenvalue weighted by molar-refractivity contribution is 0.00860. The number of fused-ring (bicyclic) bond motifs is 1. The molecule has 0 spiro atoms.